The van der Waals surface area contributed by atoms with Crippen LogP contribution in [-0.2, 0) is 9.59 Å². The van der Waals surface area contributed by atoms with Crippen molar-refractivity contribution in [1.82, 2.24) is 4.98 Å². The lowest BCUT2D eigenvalue weighted by Crippen LogP contribution is -2.30. The number of oxazole rings is 1. The first-order valence-corrected chi connectivity index (χ1v) is 4.64. The fourth-order valence-corrected chi connectivity index (χ4v) is 1.86. The van der Waals surface area contributed by atoms with Crippen molar-refractivity contribution >= 4 is 11.6 Å². The predicted octanol–water partition coefficient (Wildman–Crippen LogP) is 1.33. The molecule has 1 saturated carbocycles. The molecule has 0 amide bonds. The number of ketones is 2. The van der Waals surface area contributed by atoms with Gasteiger partial charge in [-0.2, -0.15) is 0 Å². The molecular formula is C10H11NO3. The van der Waals surface area contributed by atoms with E-state index < -0.39 is 0 Å². The highest BCUT2D eigenvalue weighted by atomic mass is 16.3. The molecule has 0 radical (unpaired) electrons. The van der Waals surface area contributed by atoms with Crippen molar-refractivity contribution in [2.24, 2.45) is 5.92 Å². The Labute approximate surface area is 81.3 Å². The number of rotatable bonds is 1. The Balaban J connectivity index is 2.17. The molecule has 0 N–H and O–H groups in total. The van der Waals surface area contributed by atoms with E-state index in [-0.39, 0.29) is 29.8 Å². The molecule has 74 valence electrons. The topological polar surface area (TPSA) is 60.2 Å². The Morgan fingerprint density at radius 1 is 1.50 bits per heavy atom. The van der Waals surface area contributed by atoms with E-state index in [4.69, 9.17) is 4.42 Å². The smallest absolute Gasteiger partial charge is 0.201 e. The van der Waals surface area contributed by atoms with Gasteiger partial charge in [-0.15, -0.1) is 0 Å². The highest BCUT2D eigenvalue weighted by Gasteiger charge is 2.34. The van der Waals surface area contributed by atoms with E-state index in [1.807, 2.05) is 0 Å². The summed E-state index contributed by atoms with van der Waals surface area (Å²) in [7, 11) is 0. The summed E-state index contributed by atoms with van der Waals surface area (Å²) in [5.74, 6) is 0.00710. The number of nitrogens with zero attached hydrogens (tertiary/aromatic N) is 1. The van der Waals surface area contributed by atoms with Crippen molar-refractivity contribution < 1.29 is 14.0 Å². The molecule has 2 rings (SSSR count). The zero-order valence-electron chi connectivity index (χ0n) is 7.90. The third-order valence-electron chi connectivity index (χ3n) is 2.65. The van der Waals surface area contributed by atoms with Crippen LogP contribution in [0.1, 0.15) is 31.4 Å². The number of Topliss-reactive ketones (excluding diaryl/α,β-unsaturated/α-hetero) is 2. The van der Waals surface area contributed by atoms with Crippen LogP contribution in [0.15, 0.2) is 17.0 Å². The molecule has 4 nitrogen and oxygen atoms in total. The maximum Gasteiger partial charge on any atom is 0.201 e. The number of hydrogen-bond donors (Lipinski definition) is 0. The lowest BCUT2D eigenvalue weighted by molar-refractivity contribution is -0.141. The summed E-state index contributed by atoms with van der Waals surface area (Å²) < 4.78 is 5.13. The predicted molar refractivity (Wildman–Crippen MR) is 47.7 cm³/mol. The Morgan fingerprint density at radius 3 is 2.86 bits per heavy atom. The Morgan fingerprint density at radius 2 is 2.29 bits per heavy atom. The molecule has 2 atom stereocenters. The van der Waals surface area contributed by atoms with Crippen molar-refractivity contribution in [2.45, 2.75) is 25.7 Å². The van der Waals surface area contributed by atoms with E-state index in [9.17, 15) is 9.59 Å². The van der Waals surface area contributed by atoms with Gasteiger partial charge in [0.1, 0.15) is 5.76 Å². The summed E-state index contributed by atoms with van der Waals surface area (Å²) in [5.41, 5.74) is 0. The highest BCUT2D eigenvalue weighted by Crippen LogP contribution is 2.32. The Kier molecular flexibility index (Phi) is 2.19. The van der Waals surface area contributed by atoms with E-state index in [0.29, 0.717) is 12.2 Å². The van der Waals surface area contributed by atoms with Gasteiger partial charge >= 0.3 is 0 Å². The summed E-state index contributed by atoms with van der Waals surface area (Å²) in [6.07, 6.45) is 3.90. The molecule has 1 aromatic heterocycles. The van der Waals surface area contributed by atoms with Gasteiger partial charge in [-0.3, -0.25) is 9.59 Å². The van der Waals surface area contributed by atoms with E-state index in [1.165, 1.54) is 6.39 Å². The second-order valence-electron chi connectivity index (χ2n) is 3.73. The molecule has 0 aromatic carbocycles. The van der Waals surface area contributed by atoms with E-state index in [0.717, 1.165) is 0 Å². The first-order valence-electron chi connectivity index (χ1n) is 4.64. The lowest BCUT2D eigenvalue weighted by atomic mass is 9.80. The van der Waals surface area contributed by atoms with Gasteiger partial charge in [0.05, 0.1) is 6.20 Å². The van der Waals surface area contributed by atoms with E-state index in [1.54, 1.807) is 13.1 Å². The van der Waals surface area contributed by atoms with Crippen LogP contribution in [0.3, 0.4) is 0 Å². The molecule has 1 aromatic rings. The Bertz CT molecular complexity index is 355. The van der Waals surface area contributed by atoms with Gasteiger partial charge in [0.25, 0.3) is 0 Å². The minimum Gasteiger partial charge on any atom is -0.448 e. The molecule has 4 heteroatoms. The summed E-state index contributed by atoms with van der Waals surface area (Å²) in [6.45, 7) is 1.78. The number of carbonyl (C=O) groups excluding carboxylic acids is 2. The molecule has 0 bridgehead atoms. The molecule has 1 fully saturated rings. The van der Waals surface area contributed by atoms with Gasteiger partial charge in [-0.05, 0) is 6.42 Å². The summed E-state index contributed by atoms with van der Waals surface area (Å²) in [6, 6.07) is 0. The molecule has 1 aliphatic carbocycles. The van der Waals surface area contributed by atoms with Crippen LogP contribution in [0.5, 0.6) is 0 Å². The second-order valence-corrected chi connectivity index (χ2v) is 3.73. The zero-order chi connectivity index (χ0) is 10.1. The van der Waals surface area contributed by atoms with Crippen molar-refractivity contribution in [2.75, 3.05) is 0 Å². The molecule has 2 unspecified atom stereocenters. The SMILES string of the molecule is CC1CC(c2cnco2)CC(=O)C1=O. The molecule has 0 saturated heterocycles. The third-order valence-corrected chi connectivity index (χ3v) is 2.65. The minimum absolute atomic E-state index is 0.0256. The number of aromatic nitrogens is 1. The second kappa shape index (κ2) is 3.36. The van der Waals surface area contributed by atoms with Crippen LogP contribution < -0.4 is 0 Å². The van der Waals surface area contributed by atoms with Gasteiger partial charge in [-0.1, -0.05) is 6.92 Å². The Hall–Kier alpha value is -1.45. The van der Waals surface area contributed by atoms with Crippen LogP contribution in [0, 0.1) is 5.92 Å². The van der Waals surface area contributed by atoms with Crippen molar-refractivity contribution in [1.29, 1.82) is 0 Å². The normalized spacial score (nSPS) is 28.1. The first-order chi connectivity index (χ1) is 6.68. The van der Waals surface area contributed by atoms with E-state index in [2.05, 4.69) is 4.98 Å². The maximum atomic E-state index is 11.3. The van der Waals surface area contributed by atoms with Crippen LogP contribution in [0.2, 0.25) is 0 Å². The van der Waals surface area contributed by atoms with Crippen LogP contribution in [0.25, 0.3) is 0 Å². The monoisotopic (exact) mass is 193 g/mol. The minimum atomic E-state index is -0.287. The zero-order valence-corrected chi connectivity index (χ0v) is 7.90. The quantitative estimate of drug-likeness (QED) is 0.631. The van der Waals surface area contributed by atoms with Gasteiger partial charge in [-0.25, -0.2) is 4.98 Å². The fourth-order valence-electron chi connectivity index (χ4n) is 1.86. The summed E-state index contributed by atoms with van der Waals surface area (Å²) >= 11 is 0. The van der Waals surface area contributed by atoms with Gasteiger partial charge < -0.3 is 4.42 Å². The summed E-state index contributed by atoms with van der Waals surface area (Å²) in [5, 5.41) is 0. The summed E-state index contributed by atoms with van der Waals surface area (Å²) in [4.78, 5) is 26.3. The maximum absolute atomic E-state index is 11.3. The standard InChI is InChI=1S/C10H11NO3/c1-6-2-7(3-8(12)10(6)13)9-4-11-5-14-9/h4-7H,2-3H2,1H3. The molecule has 1 aliphatic rings. The lowest BCUT2D eigenvalue weighted by Gasteiger charge is -2.22. The molecular weight excluding hydrogens is 182 g/mol. The van der Waals surface area contributed by atoms with Gasteiger partial charge in [0.15, 0.2) is 12.2 Å². The van der Waals surface area contributed by atoms with Crippen LogP contribution >= 0.6 is 0 Å². The molecule has 0 spiro atoms. The molecule has 0 aliphatic heterocycles. The third kappa shape index (κ3) is 1.47. The molecule has 14 heavy (non-hydrogen) atoms. The molecule has 1 heterocycles. The average Bonchev–Trinajstić information content (AvgIpc) is 2.66. The van der Waals surface area contributed by atoms with Crippen LogP contribution in [-0.4, -0.2) is 16.6 Å². The highest BCUT2D eigenvalue weighted by molar-refractivity contribution is 6.38. The van der Waals surface area contributed by atoms with Crippen molar-refractivity contribution in [3.05, 3.63) is 18.4 Å². The number of carbonyl (C=O) groups is 2. The van der Waals surface area contributed by atoms with Gasteiger partial charge in [0.2, 0.25) is 5.78 Å². The largest absolute Gasteiger partial charge is 0.448 e. The van der Waals surface area contributed by atoms with Gasteiger partial charge in [0, 0.05) is 18.3 Å². The van der Waals surface area contributed by atoms with Crippen LogP contribution in [0.4, 0.5) is 0 Å². The fraction of sp³-hybridized carbons (Fsp3) is 0.500. The number of hydrogen-bond acceptors (Lipinski definition) is 4. The average molecular weight is 193 g/mol. The first kappa shape index (κ1) is 9.12. The van der Waals surface area contributed by atoms with Crippen molar-refractivity contribution in [3.63, 3.8) is 0 Å². The van der Waals surface area contributed by atoms with E-state index >= 15 is 0 Å². The van der Waals surface area contributed by atoms with Crippen molar-refractivity contribution in [3.8, 4) is 0 Å².